The van der Waals surface area contributed by atoms with Gasteiger partial charge in [0.25, 0.3) is 14.7 Å². The van der Waals surface area contributed by atoms with Crippen LogP contribution >= 0.6 is 10.7 Å². The fourth-order valence-corrected chi connectivity index (χ4v) is 1.94. The number of halogens is 1. The molecule has 0 aromatic heterocycles. The van der Waals surface area contributed by atoms with Crippen molar-refractivity contribution in [3.05, 3.63) is 45.5 Å². The van der Waals surface area contributed by atoms with Gasteiger partial charge in [-0.3, -0.25) is 10.1 Å². The van der Waals surface area contributed by atoms with Crippen molar-refractivity contribution in [3.8, 4) is 0 Å². The second-order valence-electron chi connectivity index (χ2n) is 2.14. The molecule has 0 bridgehead atoms. The SMILES string of the molecule is C=C/C=C(\C(=C/C)S(=O)(=O)Cl)[N+](=O)[O-]. The highest BCUT2D eigenvalue weighted by atomic mass is 35.7. The summed E-state index contributed by atoms with van der Waals surface area (Å²) >= 11 is 0. The van der Waals surface area contributed by atoms with E-state index in [1.54, 1.807) is 0 Å². The van der Waals surface area contributed by atoms with Crippen LogP contribution in [-0.2, 0) is 9.05 Å². The Morgan fingerprint density at radius 3 is 2.29 bits per heavy atom. The molecule has 0 heterocycles. The van der Waals surface area contributed by atoms with E-state index in [-0.39, 0.29) is 0 Å². The lowest BCUT2D eigenvalue weighted by molar-refractivity contribution is -0.419. The van der Waals surface area contributed by atoms with Gasteiger partial charge in [-0.1, -0.05) is 18.7 Å². The van der Waals surface area contributed by atoms with Crippen LogP contribution in [0.2, 0.25) is 0 Å². The van der Waals surface area contributed by atoms with Crippen LogP contribution in [0.25, 0.3) is 0 Å². The highest BCUT2D eigenvalue weighted by Crippen LogP contribution is 2.21. The Morgan fingerprint density at radius 1 is 1.57 bits per heavy atom. The summed E-state index contributed by atoms with van der Waals surface area (Å²) in [6, 6.07) is 0. The molecule has 0 saturated heterocycles. The Bertz CT molecular complexity index is 407. The minimum Gasteiger partial charge on any atom is -0.258 e. The maximum absolute atomic E-state index is 10.9. The largest absolute Gasteiger partial charge is 0.288 e. The van der Waals surface area contributed by atoms with Gasteiger partial charge in [0.2, 0.25) is 0 Å². The van der Waals surface area contributed by atoms with Gasteiger partial charge >= 0.3 is 0 Å². The van der Waals surface area contributed by atoms with Gasteiger partial charge in [0.15, 0.2) is 4.91 Å². The predicted octanol–water partition coefficient (Wildman–Crippen LogP) is 1.81. The molecule has 14 heavy (non-hydrogen) atoms. The van der Waals surface area contributed by atoms with Gasteiger partial charge in [-0.05, 0) is 6.92 Å². The number of hydrogen-bond acceptors (Lipinski definition) is 4. The average Bonchev–Trinajstić information content (AvgIpc) is 2.01. The van der Waals surface area contributed by atoms with Crippen molar-refractivity contribution in [1.82, 2.24) is 0 Å². The highest BCUT2D eigenvalue weighted by molar-refractivity contribution is 8.17. The van der Waals surface area contributed by atoms with E-state index in [1.807, 2.05) is 0 Å². The van der Waals surface area contributed by atoms with E-state index in [1.165, 1.54) is 6.92 Å². The van der Waals surface area contributed by atoms with Crippen LogP contribution in [-0.4, -0.2) is 13.3 Å². The summed E-state index contributed by atoms with van der Waals surface area (Å²) in [5, 5.41) is 10.5. The van der Waals surface area contributed by atoms with Crippen molar-refractivity contribution in [1.29, 1.82) is 0 Å². The molecule has 0 unspecified atom stereocenters. The lowest BCUT2D eigenvalue weighted by atomic mass is 10.3. The van der Waals surface area contributed by atoms with Crippen LogP contribution in [0.5, 0.6) is 0 Å². The molecule has 0 amide bonds. The maximum Gasteiger partial charge on any atom is 0.288 e. The zero-order chi connectivity index (χ0) is 11.4. The third-order valence-electron chi connectivity index (χ3n) is 1.25. The summed E-state index contributed by atoms with van der Waals surface area (Å²) in [4.78, 5) is 9.09. The topological polar surface area (TPSA) is 77.3 Å². The number of rotatable bonds is 4. The highest BCUT2D eigenvalue weighted by Gasteiger charge is 2.26. The maximum atomic E-state index is 10.9. The van der Waals surface area contributed by atoms with Crippen LogP contribution < -0.4 is 0 Å². The van der Waals surface area contributed by atoms with E-state index in [4.69, 9.17) is 10.7 Å². The quantitative estimate of drug-likeness (QED) is 0.323. The van der Waals surface area contributed by atoms with E-state index in [0.29, 0.717) is 0 Å². The van der Waals surface area contributed by atoms with E-state index in [9.17, 15) is 18.5 Å². The van der Waals surface area contributed by atoms with Crippen molar-refractivity contribution < 1.29 is 13.3 Å². The number of nitrogens with zero attached hydrogens (tertiary/aromatic N) is 1. The average molecular weight is 238 g/mol. The Hall–Kier alpha value is -1.14. The second kappa shape index (κ2) is 4.92. The summed E-state index contributed by atoms with van der Waals surface area (Å²) in [5.41, 5.74) is -0.600. The first kappa shape index (κ1) is 12.9. The van der Waals surface area contributed by atoms with Crippen LogP contribution in [0.3, 0.4) is 0 Å². The van der Waals surface area contributed by atoms with E-state index in [0.717, 1.165) is 18.2 Å². The second-order valence-corrected chi connectivity index (χ2v) is 4.67. The van der Waals surface area contributed by atoms with Crippen LogP contribution in [0.4, 0.5) is 0 Å². The Morgan fingerprint density at radius 2 is 2.07 bits per heavy atom. The summed E-state index contributed by atoms with van der Waals surface area (Å²) in [5.74, 6) is 0. The molecule has 0 spiro atoms. The van der Waals surface area contributed by atoms with E-state index < -0.39 is 24.6 Å². The van der Waals surface area contributed by atoms with Crippen molar-refractivity contribution in [2.45, 2.75) is 6.92 Å². The van der Waals surface area contributed by atoms with Crippen LogP contribution in [0.1, 0.15) is 6.92 Å². The van der Waals surface area contributed by atoms with Gasteiger partial charge in [-0.15, -0.1) is 0 Å². The zero-order valence-electron chi connectivity index (χ0n) is 7.31. The first-order valence-electron chi connectivity index (χ1n) is 3.43. The zero-order valence-corrected chi connectivity index (χ0v) is 8.88. The molecule has 78 valence electrons. The van der Waals surface area contributed by atoms with Crippen molar-refractivity contribution in [2.75, 3.05) is 0 Å². The normalized spacial score (nSPS) is 13.9. The fraction of sp³-hybridized carbons (Fsp3) is 0.143. The van der Waals surface area contributed by atoms with Crippen LogP contribution in [0.15, 0.2) is 35.4 Å². The molecule has 0 aromatic rings. The third kappa shape index (κ3) is 3.31. The molecule has 7 heteroatoms. The molecule has 0 fully saturated rings. The molecule has 5 nitrogen and oxygen atoms in total. The molecule has 0 N–H and O–H groups in total. The fourth-order valence-electron chi connectivity index (χ4n) is 0.758. The molecule has 0 aromatic carbocycles. The molecule has 0 aliphatic heterocycles. The lowest BCUT2D eigenvalue weighted by Crippen LogP contribution is -2.07. The Balaban J connectivity index is 5.55. The van der Waals surface area contributed by atoms with E-state index in [2.05, 4.69) is 6.58 Å². The number of nitro groups is 1. The van der Waals surface area contributed by atoms with Gasteiger partial charge in [-0.25, -0.2) is 8.42 Å². The van der Waals surface area contributed by atoms with Gasteiger partial charge < -0.3 is 0 Å². The van der Waals surface area contributed by atoms with Gasteiger partial charge in [0, 0.05) is 16.8 Å². The minimum absolute atomic E-state index is 0.538. The molecular weight excluding hydrogens is 230 g/mol. The molecule has 0 saturated carbocycles. The Kier molecular flexibility index (Phi) is 4.52. The number of allylic oxidation sites excluding steroid dienone is 3. The molecular formula is C7H8ClNO4S. The van der Waals surface area contributed by atoms with E-state index >= 15 is 0 Å². The van der Waals surface area contributed by atoms with Gasteiger partial charge in [0.1, 0.15) is 0 Å². The third-order valence-corrected chi connectivity index (χ3v) is 2.72. The summed E-state index contributed by atoms with van der Waals surface area (Å²) < 4.78 is 21.8. The first-order chi connectivity index (χ1) is 6.34. The van der Waals surface area contributed by atoms with Crippen molar-refractivity contribution in [2.24, 2.45) is 0 Å². The number of hydrogen-bond donors (Lipinski definition) is 0. The van der Waals surface area contributed by atoms with Crippen LogP contribution in [0, 0.1) is 10.1 Å². The predicted molar refractivity (Wildman–Crippen MR) is 53.8 cm³/mol. The first-order valence-corrected chi connectivity index (χ1v) is 5.74. The summed E-state index contributed by atoms with van der Waals surface area (Å²) in [6.07, 6.45) is 3.14. The smallest absolute Gasteiger partial charge is 0.258 e. The van der Waals surface area contributed by atoms with Gasteiger partial charge in [0.05, 0.1) is 4.92 Å². The van der Waals surface area contributed by atoms with Gasteiger partial charge in [-0.2, -0.15) is 0 Å². The minimum atomic E-state index is -4.11. The molecule has 0 radical (unpaired) electrons. The lowest BCUT2D eigenvalue weighted by Gasteiger charge is -1.98. The molecule has 0 aliphatic rings. The summed E-state index contributed by atoms with van der Waals surface area (Å²) in [6.45, 7) is 4.58. The monoisotopic (exact) mass is 237 g/mol. The van der Waals surface area contributed by atoms with Crippen molar-refractivity contribution in [3.63, 3.8) is 0 Å². The Labute approximate surface area is 85.9 Å². The standard InChI is InChI=1S/C7H8ClNO4S/c1-3-5-6(9(10)11)7(4-2)14(8,12)13/h3-5H,1H2,2H3/b6-5+,7-4+. The molecule has 0 rings (SSSR count). The molecule has 0 atom stereocenters. The van der Waals surface area contributed by atoms with Crippen molar-refractivity contribution >= 4 is 19.7 Å². The molecule has 0 aliphatic carbocycles. The summed E-state index contributed by atoms with van der Waals surface area (Å²) in [7, 11) is 0.892.